The fraction of sp³-hybridized carbons (Fsp3) is 0.692. The first kappa shape index (κ1) is 71.4. The van der Waals surface area contributed by atoms with Gasteiger partial charge >= 0.3 is 99.3 Å². The number of fused-ring (bicyclic) bond motifs is 1. The van der Waals surface area contributed by atoms with Gasteiger partial charge in [-0.25, -0.2) is 13.1 Å². The summed E-state index contributed by atoms with van der Waals surface area (Å²) in [5.74, 6) is -3.99. The number of Topliss-reactive ketones (excluding diaryl/α,β-unsaturated/α-hetero) is 1. The summed E-state index contributed by atoms with van der Waals surface area (Å²) in [6.07, 6.45) is -9.80. The number of nitrogens with zero attached hydrogens (tertiary/aromatic N) is 5. The molecule has 0 radical (unpaired) electrons. The van der Waals surface area contributed by atoms with Crippen molar-refractivity contribution in [3.63, 3.8) is 0 Å². The summed E-state index contributed by atoms with van der Waals surface area (Å²) in [5.41, 5.74) is 8.52. The third-order valence-electron chi connectivity index (χ3n) is 11.0. The Balaban J connectivity index is 0.00000397. The smallest absolute Gasteiger partial charge is 0.726 e. The van der Waals surface area contributed by atoms with Crippen molar-refractivity contribution >= 4 is 50.5 Å². The Labute approximate surface area is 487 Å². The third kappa shape index (κ3) is 22.4. The number of unbranched alkanes of at least 4 members (excludes halogenated alkanes) is 2. The van der Waals surface area contributed by atoms with Gasteiger partial charge in [-0.1, -0.05) is 23.4 Å². The Hall–Kier alpha value is -1.58. The number of rotatable bonds is 23. The van der Waals surface area contributed by atoms with Crippen molar-refractivity contribution in [3.05, 3.63) is 49.9 Å². The van der Waals surface area contributed by atoms with Crippen molar-refractivity contribution in [1.29, 1.82) is 0 Å². The minimum Gasteiger partial charge on any atom is -0.726 e. The normalized spacial score (nSPS) is 29.3. The molecule has 396 valence electrons. The zero-order chi connectivity index (χ0) is 52.6. The van der Waals surface area contributed by atoms with Gasteiger partial charge in [-0.15, -0.1) is 30.9 Å². The number of hydrogen-bond donors (Lipinski definition) is 5. The molecule has 0 aromatic carbocycles. The van der Waals surface area contributed by atoms with Crippen LogP contribution in [-0.2, 0) is 86.5 Å². The summed E-state index contributed by atoms with van der Waals surface area (Å²) in [4.78, 5) is 65.7. The van der Waals surface area contributed by atoms with Crippen LogP contribution >= 0.6 is 0 Å². The molecule has 6 N–H and O–H groups in total. The van der Waals surface area contributed by atoms with Gasteiger partial charge in [0.05, 0.1) is 81.3 Å². The molecule has 34 heteroatoms. The average Bonchev–Trinajstić information content (AvgIpc) is 3.96. The maximum atomic E-state index is 13.1. The van der Waals surface area contributed by atoms with Gasteiger partial charge in [-0.05, 0) is 32.3 Å². The van der Waals surface area contributed by atoms with Crippen LogP contribution in [0.3, 0.4) is 0 Å². The van der Waals surface area contributed by atoms with Gasteiger partial charge in [0, 0.05) is 25.9 Å². The number of carboxylic acid groups (broad SMARTS) is 1. The van der Waals surface area contributed by atoms with E-state index in [9.17, 15) is 49.5 Å². The maximum absolute atomic E-state index is 13.1. The van der Waals surface area contributed by atoms with Crippen LogP contribution in [0.2, 0.25) is 0 Å². The molecule has 73 heavy (non-hydrogen) atoms. The van der Waals surface area contributed by atoms with E-state index in [1.165, 1.54) is 28.7 Å². The number of ketones is 1. The van der Waals surface area contributed by atoms with Crippen molar-refractivity contribution < 1.29 is 197 Å². The van der Waals surface area contributed by atoms with E-state index in [1.54, 1.807) is 11.1 Å². The number of amides is 3. The Morgan fingerprint density at radius 1 is 0.890 bits per heavy atom. The van der Waals surface area contributed by atoms with Crippen LogP contribution in [0.5, 0.6) is 0 Å². The Kier molecular flexibility index (Phi) is 33.6. The quantitative estimate of drug-likeness (QED) is 0.0129. The fourth-order valence-electron chi connectivity index (χ4n) is 7.64. The van der Waals surface area contributed by atoms with E-state index in [0.717, 1.165) is 0 Å². The standard InChI is InChI=1S/C39H56N6O16.3Na.H2O4S.O3S/c1-5-23-26-27(24(6-2)59-23)36(53)45(35(26)52)13-9-7-8-12-43(25(47)11-10-20(3)46)18-22-19-44(42-41-22)14-15-56-16-17-57-39-32(51)31(50)33(34(61-39)37(54)55)60-38-28(40)30(49)29(48)21(4)58-38;;;;1-5(2,3)4;1-4(2)3/h5-6,19,21,23-24,26-34,38-40,48-51H,1-2,4,7-18H2,3H3,(H,54,55);;;;(H2,1,2,3,4);/q-2;3*+1;;/p-2/t21?,23-,24+,26+,27-,28?,29-,30-,31-,32?,33+,34?,38-,39-;;;;;/m1...../s1. The Bertz CT molecular complexity index is 2160. The number of carbonyl (C=O) groups is 5. The van der Waals surface area contributed by atoms with E-state index >= 15 is 0 Å². The molecule has 0 saturated carbocycles. The van der Waals surface area contributed by atoms with Crippen LogP contribution in [0.25, 0.3) is 5.73 Å². The molecule has 29 nitrogen and oxygen atoms in total. The number of carboxylic acids is 1. The van der Waals surface area contributed by atoms with Crippen LogP contribution < -0.4 is 93.8 Å². The molecular formula is C39H56N6Na3O23S2-. The molecule has 5 rings (SSSR count). The van der Waals surface area contributed by atoms with Crippen LogP contribution in [0.1, 0.15) is 44.7 Å². The number of carbonyl (C=O) groups excluding carboxylic acids is 5. The third-order valence-corrected chi connectivity index (χ3v) is 11.0. The minimum atomic E-state index is -4.92. The monoisotopic (exact) mass is 1110 g/mol. The topological polar surface area (TPSA) is 434 Å². The number of nitrogens with one attached hydrogen (secondary N) is 1. The molecule has 0 aliphatic carbocycles. The van der Waals surface area contributed by atoms with Crippen molar-refractivity contribution in [3.8, 4) is 0 Å². The minimum absolute atomic E-state index is 0. The zero-order valence-electron chi connectivity index (χ0n) is 40.6. The number of aliphatic hydroxyl groups is 4. The molecule has 4 aliphatic rings. The van der Waals surface area contributed by atoms with Crippen molar-refractivity contribution in [1.82, 2.24) is 24.8 Å². The average molecular weight is 1110 g/mol. The van der Waals surface area contributed by atoms with E-state index in [0.29, 0.717) is 31.5 Å². The van der Waals surface area contributed by atoms with Crippen LogP contribution in [0, 0.1) is 18.8 Å². The zero-order valence-corrected chi connectivity index (χ0v) is 48.2. The van der Waals surface area contributed by atoms with E-state index in [-0.39, 0.29) is 164 Å². The number of likely N-dealkylation sites (tertiary alicyclic amines) is 1. The molecule has 4 saturated heterocycles. The molecule has 5 heterocycles. The summed E-state index contributed by atoms with van der Waals surface area (Å²) in [5, 5.41) is 61.4. The summed E-state index contributed by atoms with van der Waals surface area (Å²) < 4.78 is 92.4. The van der Waals surface area contributed by atoms with Crippen LogP contribution in [-0.4, -0.2) is 211 Å². The van der Waals surface area contributed by atoms with Gasteiger partial charge in [0.2, 0.25) is 28.1 Å². The second-order valence-electron chi connectivity index (χ2n) is 16.0. The summed E-state index contributed by atoms with van der Waals surface area (Å²) >= 11 is 0. The summed E-state index contributed by atoms with van der Waals surface area (Å²) in [7, 11) is -8.03. The van der Waals surface area contributed by atoms with Gasteiger partial charge in [0.15, 0.2) is 6.29 Å². The van der Waals surface area contributed by atoms with Crippen LogP contribution in [0.15, 0.2) is 31.5 Å². The molecule has 14 atom stereocenters. The predicted molar refractivity (Wildman–Crippen MR) is 225 cm³/mol. The molecule has 4 unspecified atom stereocenters. The molecule has 4 aliphatic heterocycles. The van der Waals surface area contributed by atoms with E-state index in [1.807, 2.05) is 0 Å². The second-order valence-corrected chi connectivity index (χ2v) is 17.2. The molecule has 0 bridgehead atoms. The van der Waals surface area contributed by atoms with E-state index < -0.39 is 112 Å². The Morgan fingerprint density at radius 3 is 2.00 bits per heavy atom. The maximum Gasteiger partial charge on any atom is 1.00 e. The summed E-state index contributed by atoms with van der Waals surface area (Å²) in [6.45, 7) is 13.2. The number of imide groups is 1. The Morgan fingerprint density at radius 2 is 1.47 bits per heavy atom. The molecule has 3 amide bonds. The first-order valence-electron chi connectivity index (χ1n) is 21.3. The first-order chi connectivity index (χ1) is 32.8. The number of ether oxygens (including phenoxy) is 6. The molecule has 4 fully saturated rings. The van der Waals surface area contributed by atoms with Crippen molar-refractivity contribution in [2.45, 2.75) is 126 Å². The van der Waals surface area contributed by atoms with Crippen LogP contribution in [0.4, 0.5) is 0 Å². The number of aliphatic hydroxyl groups excluding tert-OH is 4. The van der Waals surface area contributed by atoms with E-state index in [4.69, 9.17) is 64.3 Å². The largest absolute Gasteiger partial charge is 1.00 e. The van der Waals surface area contributed by atoms with Crippen molar-refractivity contribution in [2.24, 2.45) is 11.8 Å². The molecule has 1 aromatic heterocycles. The number of hydrogen-bond acceptors (Lipinski definition) is 24. The van der Waals surface area contributed by atoms with Gasteiger partial charge in [-0.2, -0.15) is 0 Å². The van der Waals surface area contributed by atoms with Gasteiger partial charge in [-0.3, -0.25) is 23.8 Å². The SMILES string of the molecule is C=C[C@@H]1O[C@H](C=C)[C@@H]2C(=O)N(CCCCCN(Cc3cn(CCOCCO[C@@H]4OC(C(=O)[O-])[C@@H](O[C@H]5OC([CH2-])[C@@H](O)[C@H](O)C5[NH-])[C@H](O)C4O)nn3)C(=O)CCC(C)=O)C(=O)[C@@H]21.O=S(=O)([O-])O.O=S(=O)=O.[Na+].[Na+].[Na+]. The predicted octanol–water partition coefficient (Wildman–Crippen LogP) is -13.8. The second kappa shape index (κ2) is 34.3. The van der Waals surface area contributed by atoms with Gasteiger partial charge < -0.3 is 85.7 Å². The molecular weight excluding hydrogens is 1050 g/mol. The number of aromatic nitrogens is 3. The van der Waals surface area contributed by atoms with Gasteiger partial charge in [0.25, 0.3) is 0 Å². The van der Waals surface area contributed by atoms with Crippen molar-refractivity contribution in [2.75, 3.05) is 32.9 Å². The number of aliphatic carboxylic acids is 1. The molecule has 0 spiro atoms. The van der Waals surface area contributed by atoms with E-state index in [2.05, 4.69) is 30.4 Å². The molecule has 1 aromatic rings. The fourth-order valence-corrected chi connectivity index (χ4v) is 7.64. The summed E-state index contributed by atoms with van der Waals surface area (Å²) in [6, 6.07) is -1.61. The van der Waals surface area contributed by atoms with Gasteiger partial charge in [0.1, 0.15) is 42.2 Å². The first-order valence-corrected chi connectivity index (χ1v) is 23.7.